The summed E-state index contributed by atoms with van der Waals surface area (Å²) in [6.07, 6.45) is 0.761. The normalized spacial score (nSPS) is 8.12. The Morgan fingerprint density at radius 1 is 1.62 bits per heavy atom. The molecule has 0 heterocycles. The Kier molecular flexibility index (Phi) is 17.0. The van der Waals surface area contributed by atoms with Crippen LogP contribution >= 0.6 is 11.6 Å². The SMILES string of the molecule is O=[SH]OCCCCl.[NaH]. The molecule has 0 aliphatic carbocycles. The molecule has 0 radical (unpaired) electrons. The number of rotatable bonds is 4. The zero-order chi connectivity index (χ0) is 5.54. The predicted octanol–water partition coefficient (Wildman–Crippen LogP) is -0.156. The Morgan fingerprint density at radius 3 is 2.62 bits per heavy atom. The average molecular weight is 167 g/mol. The van der Waals surface area contributed by atoms with Crippen molar-refractivity contribution in [1.82, 2.24) is 0 Å². The van der Waals surface area contributed by atoms with Crippen LogP contribution in [0.4, 0.5) is 0 Å². The van der Waals surface area contributed by atoms with Gasteiger partial charge in [0.25, 0.3) is 0 Å². The molecule has 0 saturated carbocycles. The molecule has 0 aliphatic rings. The molecular weight excluding hydrogens is 159 g/mol. The summed E-state index contributed by atoms with van der Waals surface area (Å²) < 4.78 is 13.9. The van der Waals surface area contributed by atoms with Crippen LogP contribution in [0.2, 0.25) is 0 Å². The van der Waals surface area contributed by atoms with Gasteiger partial charge in [-0.3, -0.25) is 4.18 Å². The Bertz CT molecular complexity index is 54.5. The topological polar surface area (TPSA) is 26.3 Å². The molecule has 0 aromatic rings. The number of hydrogen-bond donors (Lipinski definition) is 1. The molecule has 8 heavy (non-hydrogen) atoms. The minimum absolute atomic E-state index is 0. The first kappa shape index (κ1) is 12.1. The molecule has 0 saturated heterocycles. The molecule has 2 nitrogen and oxygen atoms in total. The summed E-state index contributed by atoms with van der Waals surface area (Å²) in [6.45, 7) is 0.481. The van der Waals surface area contributed by atoms with E-state index < -0.39 is 0 Å². The van der Waals surface area contributed by atoms with Crippen molar-refractivity contribution >= 4 is 53.1 Å². The summed E-state index contributed by atoms with van der Waals surface area (Å²) in [5.74, 6) is 0.565. The number of thiol groups is 1. The van der Waals surface area contributed by atoms with E-state index in [0.29, 0.717) is 12.5 Å². The van der Waals surface area contributed by atoms with Gasteiger partial charge in [-0.1, -0.05) is 0 Å². The second kappa shape index (κ2) is 11.2. The summed E-state index contributed by atoms with van der Waals surface area (Å²) in [5.41, 5.74) is 0. The number of hydrogen-bond acceptors (Lipinski definition) is 2. The van der Waals surface area contributed by atoms with Crippen LogP contribution in [0.5, 0.6) is 0 Å². The fourth-order valence-electron chi connectivity index (χ4n) is 0.156. The maximum atomic E-state index is 9.51. The Balaban J connectivity index is 0. The molecular formula is C3H8ClNaO2S. The third-order valence-electron chi connectivity index (χ3n) is 0.422. The fraction of sp³-hybridized carbons (Fsp3) is 1.00. The molecule has 0 aromatic carbocycles. The molecule has 5 heteroatoms. The second-order valence-electron chi connectivity index (χ2n) is 0.950. The van der Waals surface area contributed by atoms with E-state index in [1.165, 1.54) is 0 Å². The van der Waals surface area contributed by atoms with E-state index in [9.17, 15) is 4.21 Å². The molecule has 0 rings (SSSR count). The molecule has 0 aliphatic heterocycles. The maximum absolute atomic E-state index is 9.51. The summed E-state index contributed by atoms with van der Waals surface area (Å²) in [4.78, 5) is 0. The van der Waals surface area contributed by atoms with E-state index in [4.69, 9.17) is 11.6 Å². The predicted molar refractivity (Wildman–Crippen MR) is 38.0 cm³/mol. The quantitative estimate of drug-likeness (QED) is 0.272. The third-order valence-corrected chi connectivity index (χ3v) is 0.977. The first-order chi connectivity index (χ1) is 3.41. The summed E-state index contributed by atoms with van der Waals surface area (Å²) in [7, 11) is 0. The zero-order valence-electron chi connectivity index (χ0n) is 3.76. The van der Waals surface area contributed by atoms with E-state index in [-0.39, 0.29) is 41.5 Å². The van der Waals surface area contributed by atoms with Crippen molar-refractivity contribution in [2.24, 2.45) is 0 Å². The van der Waals surface area contributed by atoms with Crippen LogP contribution in [0.1, 0.15) is 6.42 Å². The van der Waals surface area contributed by atoms with Crippen molar-refractivity contribution in [1.29, 1.82) is 0 Å². The van der Waals surface area contributed by atoms with E-state index in [0.717, 1.165) is 6.42 Å². The number of halogens is 1. The van der Waals surface area contributed by atoms with Gasteiger partial charge in [0.2, 0.25) is 0 Å². The molecule has 46 valence electrons. The van der Waals surface area contributed by atoms with Gasteiger partial charge in [0.05, 0.1) is 6.61 Å². The van der Waals surface area contributed by atoms with Crippen LogP contribution < -0.4 is 0 Å². The van der Waals surface area contributed by atoms with Gasteiger partial charge in [0, 0.05) is 5.88 Å². The van der Waals surface area contributed by atoms with Gasteiger partial charge in [-0.25, -0.2) is 4.21 Å². The Labute approximate surface area is 79.9 Å². The van der Waals surface area contributed by atoms with Crippen molar-refractivity contribution in [3.05, 3.63) is 0 Å². The van der Waals surface area contributed by atoms with Crippen LogP contribution in [0.15, 0.2) is 0 Å². The first-order valence-corrected chi connectivity index (χ1v) is 3.19. The van der Waals surface area contributed by atoms with Crippen LogP contribution in [0, 0.1) is 0 Å². The van der Waals surface area contributed by atoms with E-state index >= 15 is 0 Å². The molecule has 0 N–H and O–H groups in total. The third kappa shape index (κ3) is 10.4. The summed E-state index contributed by atoms with van der Waals surface area (Å²) >= 11 is 5.00. The zero-order valence-corrected chi connectivity index (χ0v) is 5.41. The van der Waals surface area contributed by atoms with E-state index in [2.05, 4.69) is 4.18 Å². The molecule has 0 unspecified atom stereocenters. The van der Waals surface area contributed by atoms with Crippen molar-refractivity contribution in [2.45, 2.75) is 6.42 Å². The van der Waals surface area contributed by atoms with Crippen molar-refractivity contribution in [2.75, 3.05) is 12.5 Å². The monoisotopic (exact) mass is 166 g/mol. The standard InChI is InChI=1S/C3H7ClO2S.Na.H/c4-2-1-3-6-7-5;;/h7H,1-3H2;;. The minimum atomic E-state index is -0.254. The van der Waals surface area contributed by atoms with Gasteiger partial charge in [-0.15, -0.1) is 11.6 Å². The van der Waals surface area contributed by atoms with Crippen molar-refractivity contribution in [3.63, 3.8) is 0 Å². The van der Waals surface area contributed by atoms with Gasteiger partial charge < -0.3 is 0 Å². The molecule has 0 aromatic heterocycles. The van der Waals surface area contributed by atoms with Crippen LogP contribution in [0.3, 0.4) is 0 Å². The second-order valence-corrected chi connectivity index (χ2v) is 1.74. The molecule has 0 atom stereocenters. The van der Waals surface area contributed by atoms with Crippen LogP contribution in [0.25, 0.3) is 0 Å². The molecule has 0 amide bonds. The van der Waals surface area contributed by atoms with E-state index in [1.807, 2.05) is 0 Å². The average Bonchev–Trinajstić information content (AvgIpc) is 1.69. The Morgan fingerprint density at radius 2 is 2.25 bits per heavy atom. The van der Waals surface area contributed by atoms with Gasteiger partial charge >= 0.3 is 29.6 Å². The summed E-state index contributed by atoms with van der Waals surface area (Å²) in [5, 5.41) is 0. The van der Waals surface area contributed by atoms with Gasteiger partial charge in [0.1, 0.15) is 11.9 Å². The number of alkyl halides is 1. The molecule has 0 bridgehead atoms. The fourth-order valence-corrected chi connectivity index (χ4v) is 0.469. The van der Waals surface area contributed by atoms with Gasteiger partial charge in [0.15, 0.2) is 0 Å². The van der Waals surface area contributed by atoms with Crippen LogP contribution in [-0.4, -0.2) is 46.3 Å². The molecule has 0 fully saturated rings. The van der Waals surface area contributed by atoms with Gasteiger partial charge in [-0.05, 0) is 6.42 Å². The van der Waals surface area contributed by atoms with Crippen molar-refractivity contribution in [3.8, 4) is 0 Å². The van der Waals surface area contributed by atoms with Crippen molar-refractivity contribution < 1.29 is 8.39 Å². The van der Waals surface area contributed by atoms with Crippen LogP contribution in [-0.2, 0) is 16.1 Å². The van der Waals surface area contributed by atoms with Gasteiger partial charge in [-0.2, -0.15) is 0 Å². The Hall–Kier alpha value is 1.40. The summed E-state index contributed by atoms with van der Waals surface area (Å²) in [6, 6.07) is 0. The van der Waals surface area contributed by atoms with E-state index in [1.54, 1.807) is 0 Å². The molecule has 0 spiro atoms. The first-order valence-electron chi connectivity index (χ1n) is 1.92.